The van der Waals surface area contributed by atoms with Gasteiger partial charge in [-0.05, 0) is 42.5 Å². The number of anilines is 2. The molecule has 3 N–H and O–H groups in total. The summed E-state index contributed by atoms with van der Waals surface area (Å²) in [5, 5.41) is 3.19. The number of nitrogens with one attached hydrogen (secondary N) is 1. The van der Waals surface area contributed by atoms with E-state index in [4.69, 9.17) is 10.5 Å². The smallest absolute Gasteiger partial charge is 0.248 e. The van der Waals surface area contributed by atoms with E-state index < -0.39 is 5.91 Å². The fraction of sp³-hybridized carbons (Fsp3) is 0. The Hall–Kier alpha value is -3.71. The van der Waals surface area contributed by atoms with E-state index in [1.807, 2.05) is 54.6 Å². The molecule has 0 aliphatic carbocycles. The number of amides is 1. The molecular weight excluding hydrogens is 444 g/mol. The van der Waals surface area contributed by atoms with Crippen LogP contribution in [0.3, 0.4) is 0 Å². The highest BCUT2D eigenvalue weighted by Gasteiger charge is 2.14. The molecule has 6 nitrogen and oxygen atoms in total. The summed E-state index contributed by atoms with van der Waals surface area (Å²) in [6.45, 7) is 0. The number of carbonyl (C=O) groups excluding carboxylic acids is 1. The fourth-order valence-corrected chi connectivity index (χ4v) is 3.24. The van der Waals surface area contributed by atoms with E-state index in [0.717, 1.165) is 15.7 Å². The van der Waals surface area contributed by atoms with Crippen LogP contribution in [0.25, 0.3) is 11.3 Å². The van der Waals surface area contributed by atoms with Crippen molar-refractivity contribution in [2.24, 2.45) is 5.73 Å². The summed E-state index contributed by atoms with van der Waals surface area (Å²) in [4.78, 5) is 20.5. The number of hydrogen-bond donors (Lipinski definition) is 2. The van der Waals surface area contributed by atoms with Crippen LogP contribution < -0.4 is 15.8 Å². The molecule has 4 aromatic rings. The highest BCUT2D eigenvalue weighted by Crippen LogP contribution is 2.34. The maximum absolute atomic E-state index is 11.5. The van der Waals surface area contributed by atoms with Gasteiger partial charge in [0.05, 0.1) is 6.20 Å². The summed E-state index contributed by atoms with van der Waals surface area (Å²) < 4.78 is 6.94. The second-order valence-corrected chi connectivity index (χ2v) is 7.32. The lowest BCUT2D eigenvalue weighted by Crippen LogP contribution is -2.10. The third-order valence-electron chi connectivity index (χ3n) is 4.23. The minimum absolute atomic E-state index is 0.361. The third-order valence-corrected chi connectivity index (χ3v) is 4.72. The van der Waals surface area contributed by atoms with Crippen molar-refractivity contribution in [3.63, 3.8) is 0 Å². The first-order valence-electron chi connectivity index (χ1n) is 9.11. The van der Waals surface area contributed by atoms with Gasteiger partial charge in [0.25, 0.3) is 0 Å². The number of nitrogens with two attached hydrogens (primary N) is 1. The first kappa shape index (κ1) is 19.6. The number of halogens is 1. The zero-order valence-electron chi connectivity index (χ0n) is 15.7. The molecular formula is C23H17BrN4O2. The standard InChI is InChI=1S/C23H17BrN4O2/c24-17-8-4-6-15(12-17)21-20(30-19-11-5-7-16(13-19)22(25)29)14-26-23(28-21)27-18-9-2-1-3-10-18/h1-14H,(H2,25,29)(H,26,27,28). The van der Waals surface area contributed by atoms with Crippen LogP contribution >= 0.6 is 15.9 Å². The molecule has 3 aromatic carbocycles. The second kappa shape index (κ2) is 8.75. The number of hydrogen-bond acceptors (Lipinski definition) is 5. The molecule has 0 radical (unpaired) electrons. The van der Waals surface area contributed by atoms with Crippen LogP contribution in [0.1, 0.15) is 10.4 Å². The maximum Gasteiger partial charge on any atom is 0.248 e. The van der Waals surface area contributed by atoms with E-state index >= 15 is 0 Å². The van der Waals surface area contributed by atoms with Crippen molar-refractivity contribution in [3.8, 4) is 22.8 Å². The Kier molecular flexibility index (Phi) is 5.72. The van der Waals surface area contributed by atoms with Gasteiger partial charge in [0, 0.05) is 21.3 Å². The van der Waals surface area contributed by atoms with Crippen molar-refractivity contribution in [3.05, 3.63) is 95.1 Å². The second-order valence-electron chi connectivity index (χ2n) is 6.40. The quantitative estimate of drug-likeness (QED) is 0.394. The normalized spacial score (nSPS) is 10.4. The lowest BCUT2D eigenvalue weighted by Gasteiger charge is -2.13. The molecule has 0 saturated heterocycles. The number of ether oxygens (including phenoxy) is 1. The highest BCUT2D eigenvalue weighted by atomic mass is 79.9. The summed E-state index contributed by atoms with van der Waals surface area (Å²) in [5.41, 5.74) is 8.07. The largest absolute Gasteiger partial charge is 0.453 e. The molecule has 0 aliphatic heterocycles. The molecule has 0 bridgehead atoms. The van der Waals surface area contributed by atoms with Crippen molar-refractivity contribution in [1.82, 2.24) is 9.97 Å². The first-order chi connectivity index (χ1) is 14.6. The van der Waals surface area contributed by atoms with E-state index in [9.17, 15) is 4.79 Å². The van der Waals surface area contributed by atoms with E-state index in [2.05, 4.69) is 31.2 Å². The first-order valence-corrected chi connectivity index (χ1v) is 9.90. The van der Waals surface area contributed by atoms with Crippen molar-refractivity contribution in [1.29, 1.82) is 0 Å². The molecule has 30 heavy (non-hydrogen) atoms. The van der Waals surface area contributed by atoms with Gasteiger partial charge in [-0.2, -0.15) is 0 Å². The lowest BCUT2D eigenvalue weighted by molar-refractivity contribution is 0.1000. The highest BCUT2D eigenvalue weighted by molar-refractivity contribution is 9.10. The van der Waals surface area contributed by atoms with Crippen molar-refractivity contribution in [2.75, 3.05) is 5.32 Å². The fourth-order valence-electron chi connectivity index (χ4n) is 2.84. The lowest BCUT2D eigenvalue weighted by atomic mass is 10.1. The van der Waals surface area contributed by atoms with Gasteiger partial charge < -0.3 is 15.8 Å². The van der Waals surface area contributed by atoms with Gasteiger partial charge in [0.2, 0.25) is 11.9 Å². The van der Waals surface area contributed by atoms with E-state index in [1.54, 1.807) is 30.5 Å². The molecule has 0 aliphatic rings. The zero-order chi connectivity index (χ0) is 20.9. The Balaban J connectivity index is 1.73. The Labute approximate surface area is 181 Å². The molecule has 148 valence electrons. The van der Waals surface area contributed by atoms with Gasteiger partial charge in [0.15, 0.2) is 5.75 Å². The van der Waals surface area contributed by atoms with E-state index in [-0.39, 0.29) is 0 Å². The maximum atomic E-state index is 11.5. The van der Waals surface area contributed by atoms with Crippen LogP contribution in [-0.4, -0.2) is 15.9 Å². The number of aromatic nitrogens is 2. The predicted molar refractivity (Wildman–Crippen MR) is 120 cm³/mol. The molecule has 4 rings (SSSR count). The monoisotopic (exact) mass is 460 g/mol. The van der Waals surface area contributed by atoms with Gasteiger partial charge in [-0.3, -0.25) is 4.79 Å². The summed E-state index contributed by atoms with van der Waals surface area (Å²) in [6.07, 6.45) is 1.60. The average Bonchev–Trinajstić information content (AvgIpc) is 2.76. The SMILES string of the molecule is NC(=O)c1cccc(Oc2cnc(Nc3ccccc3)nc2-c2cccc(Br)c2)c1. The van der Waals surface area contributed by atoms with Gasteiger partial charge in [-0.15, -0.1) is 0 Å². The number of carbonyl (C=O) groups is 1. The number of para-hydroxylation sites is 1. The van der Waals surface area contributed by atoms with E-state index in [1.165, 1.54) is 0 Å². The van der Waals surface area contributed by atoms with Gasteiger partial charge in [0.1, 0.15) is 11.4 Å². The summed E-state index contributed by atoms with van der Waals surface area (Å²) >= 11 is 3.50. The van der Waals surface area contributed by atoms with Crippen molar-refractivity contribution >= 4 is 33.5 Å². The average molecular weight is 461 g/mol. The third kappa shape index (κ3) is 4.64. The van der Waals surface area contributed by atoms with Gasteiger partial charge in [-0.25, -0.2) is 9.97 Å². The number of benzene rings is 3. The summed E-state index contributed by atoms with van der Waals surface area (Å²) in [5.74, 6) is 0.837. The Morgan fingerprint density at radius 2 is 1.77 bits per heavy atom. The van der Waals surface area contributed by atoms with Crippen LogP contribution in [0.5, 0.6) is 11.5 Å². The Bertz CT molecular complexity index is 1200. The van der Waals surface area contributed by atoms with Crippen LogP contribution in [-0.2, 0) is 0 Å². The predicted octanol–water partition coefficient (Wildman–Crippen LogP) is 5.54. The molecule has 0 spiro atoms. The van der Waals surface area contributed by atoms with Gasteiger partial charge >= 0.3 is 0 Å². The minimum Gasteiger partial charge on any atom is -0.453 e. The zero-order valence-corrected chi connectivity index (χ0v) is 17.3. The number of primary amides is 1. The molecule has 1 heterocycles. The van der Waals surface area contributed by atoms with Crippen LogP contribution in [0.15, 0.2) is 89.5 Å². The van der Waals surface area contributed by atoms with Crippen molar-refractivity contribution < 1.29 is 9.53 Å². The van der Waals surface area contributed by atoms with Crippen LogP contribution in [0.2, 0.25) is 0 Å². The van der Waals surface area contributed by atoms with Crippen molar-refractivity contribution in [2.45, 2.75) is 0 Å². The summed E-state index contributed by atoms with van der Waals surface area (Å²) in [7, 11) is 0. The molecule has 0 saturated carbocycles. The van der Waals surface area contributed by atoms with E-state index in [0.29, 0.717) is 28.7 Å². The topological polar surface area (TPSA) is 90.1 Å². The molecule has 0 unspecified atom stereocenters. The Morgan fingerprint density at radius 1 is 0.967 bits per heavy atom. The van der Waals surface area contributed by atoms with Gasteiger partial charge in [-0.1, -0.05) is 52.3 Å². The Morgan fingerprint density at radius 3 is 2.53 bits per heavy atom. The number of rotatable bonds is 6. The summed E-state index contributed by atoms with van der Waals surface area (Å²) in [6, 6.07) is 24.1. The number of nitrogens with zero attached hydrogens (tertiary/aromatic N) is 2. The van der Waals surface area contributed by atoms with Crippen LogP contribution in [0.4, 0.5) is 11.6 Å². The molecule has 0 atom stereocenters. The molecule has 7 heteroatoms. The van der Waals surface area contributed by atoms with Crippen LogP contribution in [0, 0.1) is 0 Å². The molecule has 1 aromatic heterocycles. The molecule has 1 amide bonds. The minimum atomic E-state index is -0.522. The molecule has 0 fully saturated rings.